The molecule has 0 atom stereocenters. The lowest BCUT2D eigenvalue weighted by Gasteiger charge is -2.37. The van der Waals surface area contributed by atoms with E-state index in [2.05, 4.69) is 10.3 Å². The summed E-state index contributed by atoms with van der Waals surface area (Å²) in [5, 5.41) is 8.27. The third kappa shape index (κ3) is 2.96. The first-order valence-corrected chi connectivity index (χ1v) is 10.9. The Kier molecular flexibility index (Phi) is 4.13. The zero-order valence-corrected chi connectivity index (χ0v) is 16.1. The fourth-order valence-electron chi connectivity index (χ4n) is 3.88. The SMILES string of the molecule is O=C1CCCN1Cc1cn(C2CN(S(=O)(=O)c3ccc4c(c3)CCO4)C2)nn1. The van der Waals surface area contributed by atoms with Crippen LogP contribution in [0.3, 0.4) is 0 Å². The highest BCUT2D eigenvalue weighted by Gasteiger charge is 2.39. The van der Waals surface area contributed by atoms with Crippen molar-refractivity contribution in [2.45, 2.75) is 36.7 Å². The summed E-state index contributed by atoms with van der Waals surface area (Å²) < 4.78 is 34.3. The minimum absolute atomic E-state index is 0.0388. The molecule has 0 bridgehead atoms. The van der Waals surface area contributed by atoms with Gasteiger partial charge >= 0.3 is 0 Å². The number of hydrogen-bond donors (Lipinski definition) is 0. The number of fused-ring (bicyclic) bond motifs is 1. The molecule has 3 aliphatic heterocycles. The number of aromatic nitrogens is 3. The summed E-state index contributed by atoms with van der Waals surface area (Å²) >= 11 is 0. The van der Waals surface area contributed by atoms with E-state index in [1.165, 1.54) is 4.31 Å². The second-order valence-electron chi connectivity index (χ2n) is 7.45. The van der Waals surface area contributed by atoms with Crippen LogP contribution in [0.1, 0.15) is 30.1 Å². The van der Waals surface area contributed by atoms with Gasteiger partial charge in [0.15, 0.2) is 0 Å². The Morgan fingerprint density at radius 1 is 1.21 bits per heavy atom. The largest absolute Gasteiger partial charge is 0.493 e. The summed E-state index contributed by atoms with van der Waals surface area (Å²) in [5.41, 5.74) is 1.67. The van der Waals surface area contributed by atoms with Crippen molar-refractivity contribution in [3.05, 3.63) is 35.7 Å². The second kappa shape index (κ2) is 6.56. The molecule has 0 radical (unpaired) electrons. The highest BCUT2D eigenvalue weighted by Crippen LogP contribution is 2.32. The topological polar surface area (TPSA) is 97.6 Å². The number of benzene rings is 1. The Labute approximate surface area is 162 Å². The predicted octanol–water partition coefficient (Wildman–Crippen LogP) is 0.581. The number of likely N-dealkylation sites (tertiary alicyclic amines) is 1. The molecule has 0 spiro atoms. The smallest absolute Gasteiger partial charge is 0.243 e. The summed E-state index contributed by atoms with van der Waals surface area (Å²) in [6.07, 6.45) is 4.03. The van der Waals surface area contributed by atoms with Crippen LogP contribution in [0.4, 0.5) is 0 Å². The average Bonchev–Trinajstić information content (AvgIpc) is 3.35. The molecule has 1 amide bonds. The summed E-state index contributed by atoms with van der Waals surface area (Å²) in [6.45, 7) is 2.54. The maximum atomic E-state index is 12.9. The molecule has 0 saturated carbocycles. The molecule has 10 heteroatoms. The predicted molar refractivity (Wildman–Crippen MR) is 98.1 cm³/mol. The van der Waals surface area contributed by atoms with Crippen molar-refractivity contribution < 1.29 is 17.9 Å². The summed E-state index contributed by atoms with van der Waals surface area (Å²) in [7, 11) is -3.52. The first-order valence-electron chi connectivity index (χ1n) is 9.45. The van der Waals surface area contributed by atoms with E-state index >= 15 is 0 Å². The zero-order chi connectivity index (χ0) is 19.3. The molecule has 1 aromatic heterocycles. The summed E-state index contributed by atoms with van der Waals surface area (Å²) in [6, 6.07) is 5.01. The van der Waals surface area contributed by atoms with Crippen molar-refractivity contribution in [1.29, 1.82) is 0 Å². The van der Waals surface area contributed by atoms with Gasteiger partial charge in [-0.1, -0.05) is 5.21 Å². The normalized spacial score (nSPS) is 20.3. The maximum absolute atomic E-state index is 12.9. The van der Waals surface area contributed by atoms with Crippen LogP contribution in [-0.4, -0.2) is 64.8 Å². The molecule has 0 N–H and O–H groups in total. The van der Waals surface area contributed by atoms with E-state index < -0.39 is 10.0 Å². The lowest BCUT2D eigenvalue weighted by atomic mass is 10.2. The molecule has 4 heterocycles. The van der Waals surface area contributed by atoms with E-state index in [1.54, 1.807) is 27.8 Å². The Bertz CT molecular complexity index is 1030. The Hall–Kier alpha value is -2.46. The monoisotopic (exact) mass is 403 g/mol. The van der Waals surface area contributed by atoms with Gasteiger partial charge in [-0.2, -0.15) is 4.31 Å². The number of sulfonamides is 1. The average molecular weight is 403 g/mol. The van der Waals surface area contributed by atoms with Gasteiger partial charge in [-0.3, -0.25) is 4.79 Å². The van der Waals surface area contributed by atoms with Gasteiger partial charge in [0, 0.05) is 32.5 Å². The van der Waals surface area contributed by atoms with Crippen LogP contribution >= 0.6 is 0 Å². The van der Waals surface area contributed by atoms with Crippen molar-refractivity contribution in [1.82, 2.24) is 24.2 Å². The van der Waals surface area contributed by atoms with Gasteiger partial charge in [0.25, 0.3) is 0 Å². The van der Waals surface area contributed by atoms with E-state index in [0.29, 0.717) is 37.6 Å². The van der Waals surface area contributed by atoms with E-state index in [-0.39, 0.29) is 11.9 Å². The first kappa shape index (κ1) is 17.6. The molecule has 9 nitrogen and oxygen atoms in total. The minimum Gasteiger partial charge on any atom is -0.493 e. The van der Waals surface area contributed by atoms with Crippen LogP contribution in [0, 0.1) is 0 Å². The Morgan fingerprint density at radius 3 is 2.86 bits per heavy atom. The number of nitrogens with zero attached hydrogens (tertiary/aromatic N) is 5. The molecular weight excluding hydrogens is 382 g/mol. The standard InChI is InChI=1S/C18H21N5O4S/c24-18-2-1-6-21(18)9-14-10-23(20-19-14)15-11-22(12-15)28(25,26)16-3-4-17-13(8-16)5-7-27-17/h3-4,8,10,15H,1-2,5-7,9,11-12H2. The molecule has 28 heavy (non-hydrogen) atoms. The number of amides is 1. The summed E-state index contributed by atoms with van der Waals surface area (Å²) in [4.78, 5) is 13.8. The summed E-state index contributed by atoms with van der Waals surface area (Å²) in [5.74, 6) is 0.919. The van der Waals surface area contributed by atoms with Crippen LogP contribution < -0.4 is 4.74 Å². The van der Waals surface area contributed by atoms with Crippen LogP contribution in [-0.2, 0) is 27.8 Å². The van der Waals surface area contributed by atoms with Gasteiger partial charge in [0.05, 0.1) is 30.3 Å². The van der Waals surface area contributed by atoms with Crippen molar-refractivity contribution in [2.75, 3.05) is 26.2 Å². The van der Waals surface area contributed by atoms with Gasteiger partial charge < -0.3 is 9.64 Å². The van der Waals surface area contributed by atoms with Crippen LogP contribution in [0.2, 0.25) is 0 Å². The van der Waals surface area contributed by atoms with Crippen molar-refractivity contribution in [3.63, 3.8) is 0 Å². The van der Waals surface area contributed by atoms with Crippen molar-refractivity contribution in [3.8, 4) is 5.75 Å². The quantitative estimate of drug-likeness (QED) is 0.724. The molecule has 2 saturated heterocycles. The molecule has 0 unspecified atom stereocenters. The number of ether oxygens (including phenoxy) is 1. The van der Waals surface area contributed by atoms with E-state index in [1.807, 2.05) is 6.20 Å². The molecule has 5 rings (SSSR count). The Balaban J connectivity index is 1.24. The number of carbonyl (C=O) groups is 1. The lowest BCUT2D eigenvalue weighted by Crippen LogP contribution is -2.50. The van der Waals surface area contributed by atoms with Gasteiger partial charge in [-0.05, 0) is 30.2 Å². The molecule has 0 aliphatic carbocycles. The fourth-order valence-corrected chi connectivity index (χ4v) is 5.45. The van der Waals surface area contributed by atoms with E-state index in [0.717, 1.165) is 36.4 Å². The molecule has 1 aromatic carbocycles. The van der Waals surface area contributed by atoms with Gasteiger partial charge in [0.2, 0.25) is 15.9 Å². The maximum Gasteiger partial charge on any atom is 0.243 e. The van der Waals surface area contributed by atoms with Crippen LogP contribution in [0.15, 0.2) is 29.3 Å². The van der Waals surface area contributed by atoms with Crippen LogP contribution in [0.5, 0.6) is 5.75 Å². The van der Waals surface area contributed by atoms with Gasteiger partial charge in [-0.15, -0.1) is 5.10 Å². The first-order chi connectivity index (χ1) is 13.5. The van der Waals surface area contributed by atoms with Gasteiger partial charge in [0.1, 0.15) is 11.4 Å². The number of rotatable bonds is 5. The Morgan fingerprint density at radius 2 is 2.07 bits per heavy atom. The van der Waals surface area contributed by atoms with E-state index in [4.69, 9.17) is 4.74 Å². The van der Waals surface area contributed by atoms with Crippen LogP contribution in [0.25, 0.3) is 0 Å². The van der Waals surface area contributed by atoms with Crippen molar-refractivity contribution >= 4 is 15.9 Å². The highest BCUT2D eigenvalue weighted by molar-refractivity contribution is 7.89. The zero-order valence-electron chi connectivity index (χ0n) is 15.3. The molecular formula is C18H21N5O4S. The number of carbonyl (C=O) groups excluding carboxylic acids is 1. The lowest BCUT2D eigenvalue weighted by molar-refractivity contribution is -0.128. The fraction of sp³-hybridized carbons (Fsp3) is 0.500. The second-order valence-corrected chi connectivity index (χ2v) is 9.39. The molecule has 2 fully saturated rings. The third-order valence-electron chi connectivity index (χ3n) is 5.58. The molecule has 3 aliphatic rings. The van der Waals surface area contributed by atoms with Crippen molar-refractivity contribution in [2.24, 2.45) is 0 Å². The highest BCUT2D eigenvalue weighted by atomic mass is 32.2. The van der Waals surface area contributed by atoms with Gasteiger partial charge in [-0.25, -0.2) is 13.1 Å². The molecule has 2 aromatic rings. The third-order valence-corrected chi connectivity index (χ3v) is 7.41. The van der Waals surface area contributed by atoms with E-state index in [9.17, 15) is 13.2 Å². The molecule has 148 valence electrons. The minimum atomic E-state index is -3.52. The number of hydrogen-bond acceptors (Lipinski definition) is 6.